The van der Waals surface area contributed by atoms with Crippen molar-refractivity contribution in [2.45, 2.75) is 11.3 Å². The van der Waals surface area contributed by atoms with Crippen molar-refractivity contribution in [3.05, 3.63) is 68.7 Å². The molecule has 0 aliphatic carbocycles. The molecule has 0 saturated carbocycles. The van der Waals surface area contributed by atoms with Crippen molar-refractivity contribution < 1.29 is 24.0 Å². The molecule has 2 amide bonds. The molecule has 0 fully saturated rings. The lowest BCUT2D eigenvalue weighted by atomic mass is 10.2. The summed E-state index contributed by atoms with van der Waals surface area (Å²) in [6, 6.07) is 9.80. The number of amides is 2. The van der Waals surface area contributed by atoms with E-state index in [4.69, 9.17) is 16.3 Å². The molecule has 34 heavy (non-hydrogen) atoms. The Labute approximate surface area is 206 Å². The van der Waals surface area contributed by atoms with Gasteiger partial charge in [0.05, 0.1) is 33.4 Å². The highest BCUT2D eigenvalue weighted by Gasteiger charge is 2.18. The molecule has 1 heterocycles. The number of halogens is 1. The van der Waals surface area contributed by atoms with E-state index >= 15 is 0 Å². The zero-order valence-electron chi connectivity index (χ0n) is 17.4. The Kier molecular flexibility index (Phi) is 8.51. The first-order valence-electron chi connectivity index (χ1n) is 9.55. The van der Waals surface area contributed by atoms with Crippen molar-refractivity contribution in [2.24, 2.45) is 0 Å². The number of ether oxygens (including phenoxy) is 1. The first kappa shape index (κ1) is 25.1. The van der Waals surface area contributed by atoms with Crippen molar-refractivity contribution in [2.75, 3.05) is 23.0 Å². The average Bonchev–Trinajstić information content (AvgIpc) is 3.25. The van der Waals surface area contributed by atoms with Gasteiger partial charge >= 0.3 is 5.97 Å². The maximum atomic E-state index is 12.4. The number of nitrogens with one attached hydrogen (secondary N) is 2. The molecule has 0 saturated heterocycles. The number of hydrogen-bond donors (Lipinski definition) is 2. The van der Waals surface area contributed by atoms with Crippen LogP contribution in [0.5, 0.6) is 0 Å². The lowest BCUT2D eigenvalue weighted by Crippen LogP contribution is -2.14. The second-order valence-electron chi connectivity index (χ2n) is 6.38. The summed E-state index contributed by atoms with van der Waals surface area (Å²) in [6.45, 7) is 1.99. The molecule has 2 aromatic carbocycles. The molecule has 1 aromatic heterocycles. The molecule has 0 spiro atoms. The fraction of sp³-hybridized carbons (Fsp3) is 0.150. The van der Waals surface area contributed by atoms with Gasteiger partial charge in [-0.05, 0) is 37.3 Å². The number of non-ortho nitro benzene ring substituents is 1. The Hall–Kier alpha value is -3.55. The molecular formula is C20H16ClN5O6S2. The topological polar surface area (TPSA) is 153 Å². The molecule has 0 unspecified atom stereocenters. The number of esters is 1. The van der Waals surface area contributed by atoms with Crippen LogP contribution in [0.1, 0.15) is 27.6 Å². The standard InChI is InChI=1S/C20H16ClN5O6S2/c1-2-32-18(29)11-3-5-12(6-4-11)22-16(27)10-33-20-25-24-19(34-20)23-17(28)14-9-13(26(30)31)7-8-15(14)21/h3-9H,2,10H2,1H3,(H,22,27)(H,23,24,28). The average molecular weight is 522 g/mol. The molecule has 0 bridgehead atoms. The van der Waals surface area contributed by atoms with E-state index in [-0.39, 0.29) is 39.7 Å². The summed E-state index contributed by atoms with van der Waals surface area (Å²) in [5.41, 5.74) is 0.542. The normalized spacial score (nSPS) is 10.4. The van der Waals surface area contributed by atoms with E-state index in [1.54, 1.807) is 31.2 Å². The van der Waals surface area contributed by atoms with Crippen LogP contribution in [0.3, 0.4) is 0 Å². The van der Waals surface area contributed by atoms with E-state index in [1.165, 1.54) is 12.1 Å². The number of nitro groups is 1. The van der Waals surface area contributed by atoms with Gasteiger partial charge in [0.25, 0.3) is 11.6 Å². The third-order valence-electron chi connectivity index (χ3n) is 4.04. The van der Waals surface area contributed by atoms with Crippen LogP contribution in [0.25, 0.3) is 0 Å². The lowest BCUT2D eigenvalue weighted by molar-refractivity contribution is -0.384. The van der Waals surface area contributed by atoms with Crippen LogP contribution in [-0.2, 0) is 9.53 Å². The van der Waals surface area contributed by atoms with E-state index in [1.807, 2.05) is 0 Å². The number of aromatic nitrogens is 2. The zero-order chi connectivity index (χ0) is 24.7. The number of thioether (sulfide) groups is 1. The molecule has 0 atom stereocenters. The van der Waals surface area contributed by atoms with Gasteiger partial charge < -0.3 is 10.1 Å². The van der Waals surface area contributed by atoms with Crippen LogP contribution >= 0.6 is 34.7 Å². The van der Waals surface area contributed by atoms with Gasteiger partial charge in [-0.1, -0.05) is 34.7 Å². The summed E-state index contributed by atoms with van der Waals surface area (Å²) in [6.07, 6.45) is 0. The van der Waals surface area contributed by atoms with E-state index < -0.39 is 16.8 Å². The third kappa shape index (κ3) is 6.73. The first-order valence-corrected chi connectivity index (χ1v) is 11.7. The Morgan fingerprint density at radius 1 is 1.15 bits per heavy atom. The summed E-state index contributed by atoms with van der Waals surface area (Å²) in [5.74, 6) is -1.40. The van der Waals surface area contributed by atoms with Crippen molar-refractivity contribution in [1.82, 2.24) is 10.2 Å². The minimum absolute atomic E-state index is 0.0267. The largest absolute Gasteiger partial charge is 0.462 e. The Morgan fingerprint density at radius 3 is 2.56 bits per heavy atom. The van der Waals surface area contributed by atoms with E-state index in [9.17, 15) is 24.5 Å². The molecule has 11 nitrogen and oxygen atoms in total. The monoisotopic (exact) mass is 521 g/mol. The summed E-state index contributed by atoms with van der Waals surface area (Å²) < 4.78 is 5.33. The van der Waals surface area contributed by atoms with Gasteiger partial charge in [-0.25, -0.2) is 4.79 Å². The minimum atomic E-state index is -0.676. The molecule has 14 heteroatoms. The molecule has 0 radical (unpaired) electrons. The van der Waals surface area contributed by atoms with Crippen molar-refractivity contribution in [3.8, 4) is 0 Å². The predicted octanol–water partition coefficient (Wildman–Crippen LogP) is 4.26. The molecule has 2 N–H and O–H groups in total. The summed E-state index contributed by atoms with van der Waals surface area (Å²) in [7, 11) is 0. The van der Waals surface area contributed by atoms with E-state index in [0.29, 0.717) is 15.6 Å². The van der Waals surface area contributed by atoms with Crippen LogP contribution in [0.15, 0.2) is 46.8 Å². The number of carbonyl (C=O) groups is 3. The zero-order valence-corrected chi connectivity index (χ0v) is 19.8. The molecule has 176 valence electrons. The quantitative estimate of drug-likeness (QED) is 0.138. The summed E-state index contributed by atoms with van der Waals surface area (Å²) >= 11 is 8.11. The Morgan fingerprint density at radius 2 is 1.88 bits per heavy atom. The fourth-order valence-electron chi connectivity index (χ4n) is 2.51. The van der Waals surface area contributed by atoms with Crippen LogP contribution in [-0.4, -0.2) is 45.3 Å². The molecule has 0 aliphatic rings. The number of nitro benzene ring substituents is 1. The SMILES string of the molecule is CCOC(=O)c1ccc(NC(=O)CSc2nnc(NC(=O)c3cc([N+](=O)[O-])ccc3Cl)s2)cc1. The summed E-state index contributed by atoms with van der Waals surface area (Å²) in [5, 5.41) is 24.0. The summed E-state index contributed by atoms with van der Waals surface area (Å²) in [4.78, 5) is 46.5. The molecule has 3 aromatic rings. The van der Waals surface area contributed by atoms with Gasteiger partial charge in [-0.3, -0.25) is 25.0 Å². The van der Waals surface area contributed by atoms with Crippen molar-refractivity contribution in [1.29, 1.82) is 0 Å². The van der Waals surface area contributed by atoms with Gasteiger partial charge in [-0.2, -0.15) is 0 Å². The van der Waals surface area contributed by atoms with Gasteiger partial charge in [-0.15, -0.1) is 10.2 Å². The molecule has 0 aliphatic heterocycles. The third-order valence-corrected chi connectivity index (χ3v) is 6.34. The van der Waals surface area contributed by atoms with Crippen LogP contribution in [0, 0.1) is 10.1 Å². The maximum Gasteiger partial charge on any atom is 0.338 e. The Bertz CT molecular complexity index is 1230. The number of nitrogens with zero attached hydrogens (tertiary/aromatic N) is 3. The highest BCUT2D eigenvalue weighted by atomic mass is 35.5. The van der Waals surface area contributed by atoms with Crippen LogP contribution in [0.4, 0.5) is 16.5 Å². The van der Waals surface area contributed by atoms with Crippen molar-refractivity contribution in [3.63, 3.8) is 0 Å². The van der Waals surface area contributed by atoms with Crippen LogP contribution in [0.2, 0.25) is 5.02 Å². The van der Waals surface area contributed by atoms with Crippen LogP contribution < -0.4 is 10.6 Å². The van der Waals surface area contributed by atoms with E-state index in [0.717, 1.165) is 29.2 Å². The number of hydrogen-bond acceptors (Lipinski definition) is 10. The highest BCUT2D eigenvalue weighted by Crippen LogP contribution is 2.27. The first-order chi connectivity index (χ1) is 16.3. The fourth-order valence-corrected chi connectivity index (χ4v) is 4.26. The second kappa shape index (κ2) is 11.5. The lowest BCUT2D eigenvalue weighted by Gasteiger charge is -2.06. The maximum absolute atomic E-state index is 12.4. The molecule has 3 rings (SSSR count). The van der Waals surface area contributed by atoms with Gasteiger partial charge in [0, 0.05) is 17.8 Å². The van der Waals surface area contributed by atoms with E-state index in [2.05, 4.69) is 20.8 Å². The molecular weight excluding hydrogens is 506 g/mol. The van der Waals surface area contributed by atoms with Gasteiger partial charge in [0.15, 0.2) is 4.34 Å². The van der Waals surface area contributed by atoms with Gasteiger partial charge in [0.2, 0.25) is 11.0 Å². The predicted molar refractivity (Wildman–Crippen MR) is 128 cm³/mol. The number of anilines is 2. The number of benzene rings is 2. The van der Waals surface area contributed by atoms with Crippen molar-refractivity contribution >= 4 is 69.0 Å². The highest BCUT2D eigenvalue weighted by molar-refractivity contribution is 8.01. The Balaban J connectivity index is 1.52. The van der Waals surface area contributed by atoms with Gasteiger partial charge in [0.1, 0.15) is 0 Å². The number of carbonyl (C=O) groups excluding carboxylic acids is 3. The minimum Gasteiger partial charge on any atom is -0.462 e. The second-order valence-corrected chi connectivity index (χ2v) is 8.99. The number of rotatable bonds is 9. The smallest absolute Gasteiger partial charge is 0.338 e.